The number of rotatable bonds is 9. The third-order valence-electron chi connectivity index (χ3n) is 3.48. The van der Waals surface area contributed by atoms with Gasteiger partial charge in [0.15, 0.2) is 0 Å². The Bertz CT molecular complexity index is 336. The van der Waals surface area contributed by atoms with Crippen LogP contribution in [0.1, 0.15) is 63.0 Å². The first-order valence-corrected chi connectivity index (χ1v) is 7.54. The molecule has 0 aliphatic heterocycles. The van der Waals surface area contributed by atoms with Crippen LogP contribution in [-0.4, -0.2) is 0 Å². The highest BCUT2D eigenvalue weighted by Gasteiger charge is 1.96. The molecular weight excluding hydrogens is 216 g/mol. The monoisotopic (exact) mass is 244 g/mol. The van der Waals surface area contributed by atoms with Gasteiger partial charge in [0.1, 0.15) is 0 Å². The predicted molar refractivity (Wildman–Crippen MR) is 82.0 cm³/mol. The van der Waals surface area contributed by atoms with Crippen LogP contribution in [0.25, 0.3) is 0 Å². The van der Waals surface area contributed by atoms with Gasteiger partial charge in [-0.25, -0.2) is 0 Å². The Hall–Kier alpha value is -1.04. The van der Waals surface area contributed by atoms with Gasteiger partial charge in [-0.05, 0) is 50.2 Å². The van der Waals surface area contributed by atoms with Gasteiger partial charge >= 0.3 is 0 Å². The summed E-state index contributed by atoms with van der Waals surface area (Å²) in [6.45, 7) is 4.41. The number of unbranched alkanes of at least 4 members (excludes halogenated alkanes) is 5. The van der Waals surface area contributed by atoms with Crippen molar-refractivity contribution in [2.45, 2.75) is 65.2 Å². The summed E-state index contributed by atoms with van der Waals surface area (Å²) in [5, 5.41) is 0. The molecule has 0 saturated heterocycles. The molecule has 0 saturated carbocycles. The van der Waals surface area contributed by atoms with Crippen molar-refractivity contribution in [1.29, 1.82) is 0 Å². The van der Waals surface area contributed by atoms with Gasteiger partial charge in [-0.2, -0.15) is 0 Å². The lowest BCUT2D eigenvalue weighted by Crippen LogP contribution is -1.89. The standard InChI is InChI=1S/C18H28/c1-3-4-5-6-7-8-9-10-11-15-18-16-13-12-14-17(18)2/h4-5,12-14,16H,3,6-11,15H2,1-2H3. The number of hydrogen-bond acceptors (Lipinski definition) is 0. The van der Waals surface area contributed by atoms with E-state index in [0.717, 1.165) is 0 Å². The number of aryl methyl sites for hydroxylation is 2. The molecule has 0 aliphatic rings. The summed E-state index contributed by atoms with van der Waals surface area (Å²) < 4.78 is 0. The lowest BCUT2D eigenvalue weighted by atomic mass is 10.0. The molecule has 0 bridgehead atoms. The normalized spacial score (nSPS) is 11.2. The van der Waals surface area contributed by atoms with Crippen LogP contribution in [0.4, 0.5) is 0 Å². The topological polar surface area (TPSA) is 0 Å². The maximum atomic E-state index is 2.33. The fourth-order valence-corrected chi connectivity index (χ4v) is 2.28. The molecule has 0 spiro atoms. The Morgan fingerprint density at radius 2 is 1.61 bits per heavy atom. The van der Waals surface area contributed by atoms with Crippen molar-refractivity contribution in [3.63, 3.8) is 0 Å². The first kappa shape index (κ1) is 15.0. The average Bonchev–Trinajstić information content (AvgIpc) is 2.39. The molecule has 0 amide bonds. The van der Waals surface area contributed by atoms with Crippen LogP contribution in [0.3, 0.4) is 0 Å². The molecule has 0 aliphatic carbocycles. The van der Waals surface area contributed by atoms with Gasteiger partial charge in [0.2, 0.25) is 0 Å². The Morgan fingerprint density at radius 1 is 0.889 bits per heavy atom. The van der Waals surface area contributed by atoms with Gasteiger partial charge in [0, 0.05) is 0 Å². The molecular formula is C18H28. The zero-order chi connectivity index (χ0) is 13.1. The van der Waals surface area contributed by atoms with E-state index in [9.17, 15) is 0 Å². The average molecular weight is 244 g/mol. The Kier molecular flexibility index (Phi) is 8.29. The first-order chi connectivity index (χ1) is 8.84. The lowest BCUT2D eigenvalue weighted by Gasteiger charge is -2.05. The summed E-state index contributed by atoms with van der Waals surface area (Å²) >= 11 is 0. The second-order valence-electron chi connectivity index (χ2n) is 5.11. The SMILES string of the molecule is CCC=CCCCCCCCc1ccccc1C. The van der Waals surface area contributed by atoms with Crippen LogP contribution in [0, 0.1) is 6.92 Å². The molecule has 0 nitrogen and oxygen atoms in total. The van der Waals surface area contributed by atoms with Crippen LogP contribution in [0.2, 0.25) is 0 Å². The van der Waals surface area contributed by atoms with Crippen LogP contribution in [0.15, 0.2) is 36.4 Å². The van der Waals surface area contributed by atoms with Gasteiger partial charge in [-0.15, -0.1) is 0 Å². The quantitative estimate of drug-likeness (QED) is 0.378. The van der Waals surface area contributed by atoms with Crippen molar-refractivity contribution in [3.8, 4) is 0 Å². The van der Waals surface area contributed by atoms with Crippen molar-refractivity contribution in [1.82, 2.24) is 0 Å². The zero-order valence-corrected chi connectivity index (χ0v) is 12.1. The zero-order valence-electron chi connectivity index (χ0n) is 12.1. The molecule has 100 valence electrons. The van der Waals surface area contributed by atoms with Crippen molar-refractivity contribution in [2.24, 2.45) is 0 Å². The molecule has 0 heterocycles. The molecule has 18 heavy (non-hydrogen) atoms. The van der Waals surface area contributed by atoms with E-state index in [1.54, 1.807) is 0 Å². The number of benzene rings is 1. The third kappa shape index (κ3) is 6.64. The van der Waals surface area contributed by atoms with E-state index in [-0.39, 0.29) is 0 Å². The van der Waals surface area contributed by atoms with Crippen molar-refractivity contribution in [3.05, 3.63) is 47.5 Å². The first-order valence-electron chi connectivity index (χ1n) is 7.54. The van der Waals surface area contributed by atoms with Gasteiger partial charge in [0.25, 0.3) is 0 Å². The second kappa shape index (κ2) is 9.94. The predicted octanol–water partition coefficient (Wildman–Crippen LogP) is 5.84. The Morgan fingerprint density at radius 3 is 2.39 bits per heavy atom. The van der Waals surface area contributed by atoms with Gasteiger partial charge in [-0.1, -0.05) is 62.6 Å². The summed E-state index contributed by atoms with van der Waals surface area (Å²) in [4.78, 5) is 0. The van der Waals surface area contributed by atoms with E-state index in [4.69, 9.17) is 0 Å². The summed E-state index contributed by atoms with van der Waals surface area (Å²) in [6.07, 6.45) is 15.2. The molecule has 0 heteroatoms. The minimum atomic E-state index is 1.18. The fourth-order valence-electron chi connectivity index (χ4n) is 2.28. The summed E-state index contributed by atoms with van der Waals surface area (Å²) in [5.74, 6) is 0. The largest absolute Gasteiger partial charge is 0.0888 e. The second-order valence-corrected chi connectivity index (χ2v) is 5.11. The summed E-state index contributed by atoms with van der Waals surface area (Å²) in [6, 6.07) is 8.77. The number of hydrogen-bond donors (Lipinski definition) is 0. The van der Waals surface area contributed by atoms with Crippen LogP contribution in [0.5, 0.6) is 0 Å². The maximum Gasteiger partial charge on any atom is -0.0276 e. The Balaban J connectivity index is 1.99. The van der Waals surface area contributed by atoms with E-state index >= 15 is 0 Å². The molecule has 1 rings (SSSR count). The van der Waals surface area contributed by atoms with E-state index in [1.807, 2.05) is 0 Å². The molecule has 0 unspecified atom stereocenters. The molecule has 1 aromatic carbocycles. The fraction of sp³-hybridized carbons (Fsp3) is 0.556. The van der Waals surface area contributed by atoms with Gasteiger partial charge in [0.05, 0.1) is 0 Å². The molecule has 0 aromatic heterocycles. The Labute approximate surface area is 113 Å². The van der Waals surface area contributed by atoms with E-state index in [1.165, 1.54) is 62.5 Å². The highest BCUT2D eigenvalue weighted by molar-refractivity contribution is 5.25. The van der Waals surface area contributed by atoms with E-state index < -0.39 is 0 Å². The van der Waals surface area contributed by atoms with E-state index in [2.05, 4.69) is 50.3 Å². The highest BCUT2D eigenvalue weighted by Crippen LogP contribution is 2.13. The van der Waals surface area contributed by atoms with E-state index in [0.29, 0.717) is 0 Å². The van der Waals surface area contributed by atoms with Crippen molar-refractivity contribution < 1.29 is 0 Å². The van der Waals surface area contributed by atoms with Gasteiger partial charge in [-0.3, -0.25) is 0 Å². The van der Waals surface area contributed by atoms with Crippen LogP contribution in [-0.2, 0) is 6.42 Å². The minimum Gasteiger partial charge on any atom is -0.0888 e. The van der Waals surface area contributed by atoms with Crippen molar-refractivity contribution in [2.75, 3.05) is 0 Å². The smallest absolute Gasteiger partial charge is 0.0276 e. The molecule has 0 fully saturated rings. The lowest BCUT2D eigenvalue weighted by molar-refractivity contribution is 0.617. The summed E-state index contributed by atoms with van der Waals surface area (Å²) in [7, 11) is 0. The van der Waals surface area contributed by atoms with Gasteiger partial charge < -0.3 is 0 Å². The molecule has 0 N–H and O–H groups in total. The van der Waals surface area contributed by atoms with Crippen LogP contribution < -0.4 is 0 Å². The minimum absolute atomic E-state index is 1.18. The van der Waals surface area contributed by atoms with Crippen LogP contribution >= 0.6 is 0 Å². The molecule has 1 aromatic rings. The molecule has 0 atom stereocenters. The number of allylic oxidation sites excluding steroid dienone is 2. The van der Waals surface area contributed by atoms with Crippen molar-refractivity contribution >= 4 is 0 Å². The third-order valence-corrected chi connectivity index (χ3v) is 3.48. The maximum absolute atomic E-state index is 2.33. The highest BCUT2D eigenvalue weighted by atomic mass is 14.0. The molecule has 0 radical (unpaired) electrons. The summed E-state index contributed by atoms with van der Waals surface area (Å²) in [5.41, 5.74) is 2.98.